The molecule has 0 spiro atoms. The maximum atomic E-state index is 11.0. The molecule has 22 heteroatoms. The molecule has 0 saturated heterocycles. The summed E-state index contributed by atoms with van der Waals surface area (Å²) in [4.78, 5) is 33.1. The van der Waals surface area contributed by atoms with Crippen LogP contribution in [-0.4, -0.2) is 119 Å². The van der Waals surface area contributed by atoms with Gasteiger partial charge in [-0.25, -0.2) is 0 Å². The van der Waals surface area contributed by atoms with Crippen LogP contribution in [0.5, 0.6) is 0 Å². The first-order chi connectivity index (χ1) is 21.4. The summed E-state index contributed by atoms with van der Waals surface area (Å²) in [6.07, 6.45) is 0. The summed E-state index contributed by atoms with van der Waals surface area (Å²) < 4.78 is 89.6. The van der Waals surface area contributed by atoms with Crippen LogP contribution >= 0.6 is 23.5 Å². The molecule has 0 aromatic rings. The SMILES string of the molecule is CCOCCOP(=O)([O-])OCCOCC.CCOCCOP(=O)([O-])OCCOCC.CCOCCOP(=O)([O-])OCCOCC.[Cr+3]. The first-order valence-electron chi connectivity index (χ1n) is 14.6. The van der Waals surface area contributed by atoms with Gasteiger partial charge in [0.1, 0.15) is 0 Å². The van der Waals surface area contributed by atoms with E-state index in [0.29, 0.717) is 39.6 Å². The van der Waals surface area contributed by atoms with Crippen LogP contribution in [0, 0.1) is 0 Å². The monoisotopic (exact) mass is 775 g/mol. The molecule has 18 nitrogen and oxygen atoms in total. The molecule has 0 saturated carbocycles. The number of phosphoric ester groups is 3. The van der Waals surface area contributed by atoms with E-state index in [-0.39, 0.29) is 96.6 Å². The number of ether oxygens (including phenoxy) is 6. The van der Waals surface area contributed by atoms with E-state index in [0.717, 1.165) is 0 Å². The van der Waals surface area contributed by atoms with Crippen molar-refractivity contribution in [2.45, 2.75) is 41.5 Å². The molecular formula is C24H54CrO18P3. The summed E-state index contributed by atoms with van der Waals surface area (Å²) in [5.74, 6) is 0. The Balaban J connectivity index is -0.000000285. The van der Waals surface area contributed by atoms with Gasteiger partial charge in [-0.15, -0.1) is 0 Å². The summed E-state index contributed by atoms with van der Waals surface area (Å²) in [7, 11) is -12.5. The Morgan fingerprint density at radius 1 is 0.326 bits per heavy atom. The van der Waals surface area contributed by atoms with Gasteiger partial charge in [0.15, 0.2) is 0 Å². The molecule has 0 amide bonds. The van der Waals surface area contributed by atoms with Gasteiger partial charge >= 0.3 is 17.4 Å². The van der Waals surface area contributed by atoms with Gasteiger partial charge in [-0.2, -0.15) is 0 Å². The van der Waals surface area contributed by atoms with Crippen LogP contribution in [0.2, 0.25) is 0 Å². The maximum absolute atomic E-state index is 11.0. The molecule has 0 aliphatic carbocycles. The van der Waals surface area contributed by atoms with E-state index in [1.807, 2.05) is 41.5 Å². The molecule has 46 heavy (non-hydrogen) atoms. The normalized spacial score (nSPS) is 11.7. The summed E-state index contributed by atoms with van der Waals surface area (Å²) >= 11 is 0. The van der Waals surface area contributed by atoms with Gasteiger partial charge in [0, 0.05) is 39.6 Å². The largest absolute Gasteiger partial charge is 3.00 e. The zero-order valence-corrected chi connectivity index (χ0v) is 31.8. The second-order valence-electron chi connectivity index (χ2n) is 7.52. The van der Waals surface area contributed by atoms with E-state index in [1.165, 1.54) is 0 Å². The zero-order valence-electron chi connectivity index (χ0n) is 27.8. The van der Waals surface area contributed by atoms with Crippen LogP contribution in [0.1, 0.15) is 41.5 Å². The average Bonchev–Trinajstić information content (AvgIpc) is 2.99. The van der Waals surface area contributed by atoms with Crippen LogP contribution in [-0.2, 0) is 86.6 Å². The second-order valence-corrected chi connectivity index (χ2v) is 11.8. The summed E-state index contributed by atoms with van der Waals surface area (Å²) in [6, 6.07) is 0. The van der Waals surface area contributed by atoms with Crippen molar-refractivity contribution >= 4 is 23.5 Å². The molecule has 0 N–H and O–H groups in total. The Labute approximate surface area is 284 Å². The molecule has 1 radical (unpaired) electrons. The predicted molar refractivity (Wildman–Crippen MR) is 157 cm³/mol. The van der Waals surface area contributed by atoms with Gasteiger partial charge in [0.25, 0.3) is 23.5 Å². The molecule has 0 aromatic heterocycles. The van der Waals surface area contributed by atoms with E-state index in [9.17, 15) is 28.4 Å². The minimum Gasteiger partial charge on any atom is -0.756 e. The molecule has 0 atom stereocenters. The Kier molecular flexibility index (Phi) is 44.6. The van der Waals surface area contributed by atoms with E-state index in [2.05, 4.69) is 27.1 Å². The molecule has 0 aliphatic rings. The smallest absolute Gasteiger partial charge is 0.756 e. The molecule has 0 bridgehead atoms. The van der Waals surface area contributed by atoms with Crippen molar-refractivity contribution in [1.29, 1.82) is 0 Å². The maximum Gasteiger partial charge on any atom is 3.00 e. The third-order valence-electron chi connectivity index (χ3n) is 4.09. The van der Waals surface area contributed by atoms with Crippen LogP contribution in [0.15, 0.2) is 0 Å². The number of hydrogen-bond acceptors (Lipinski definition) is 18. The Morgan fingerprint density at radius 3 is 0.565 bits per heavy atom. The van der Waals surface area contributed by atoms with Crippen LogP contribution in [0.4, 0.5) is 0 Å². The first kappa shape index (κ1) is 53.4. The molecule has 0 aliphatic heterocycles. The van der Waals surface area contributed by atoms with Gasteiger partial charge in [-0.1, -0.05) is 0 Å². The minimum atomic E-state index is -4.18. The molecular weight excluding hydrogens is 721 g/mol. The third-order valence-corrected chi connectivity index (χ3v) is 7.08. The van der Waals surface area contributed by atoms with Crippen molar-refractivity contribution in [2.75, 3.05) is 119 Å². The predicted octanol–water partition coefficient (Wildman–Crippen LogP) is 1.68. The topological polar surface area (TPSA) is 231 Å². The third kappa shape index (κ3) is 46.7. The fourth-order valence-electron chi connectivity index (χ4n) is 2.23. The van der Waals surface area contributed by atoms with Gasteiger partial charge in [0.2, 0.25) is 0 Å². The first-order valence-corrected chi connectivity index (χ1v) is 19.0. The molecule has 0 heterocycles. The molecule has 0 aromatic carbocycles. The fourth-order valence-corrected chi connectivity index (χ4v) is 4.24. The van der Waals surface area contributed by atoms with Crippen molar-refractivity contribution in [3.63, 3.8) is 0 Å². The standard InChI is InChI=1S/3C8H19O6P.Cr/c3*1-3-11-5-7-13-15(9,10)14-8-6-12-4-2;/h3*3-8H2,1-2H3,(H,9,10);/q;;;+3/p-3. The second kappa shape index (κ2) is 38.4. The minimum absolute atomic E-state index is 0. The van der Waals surface area contributed by atoms with Crippen molar-refractivity contribution in [3.8, 4) is 0 Å². The van der Waals surface area contributed by atoms with Crippen LogP contribution in [0.25, 0.3) is 0 Å². The van der Waals surface area contributed by atoms with Crippen LogP contribution in [0.3, 0.4) is 0 Å². The summed E-state index contributed by atoms with van der Waals surface area (Å²) in [5.41, 5.74) is 0. The van der Waals surface area contributed by atoms with Crippen LogP contribution < -0.4 is 14.7 Å². The average molecular weight is 776 g/mol. The van der Waals surface area contributed by atoms with Gasteiger partial charge < -0.3 is 70.2 Å². The Bertz CT molecular complexity index is 612. The van der Waals surface area contributed by atoms with E-state index >= 15 is 0 Å². The fraction of sp³-hybridized carbons (Fsp3) is 1.00. The molecule has 0 unspecified atom stereocenters. The number of hydrogen-bond donors (Lipinski definition) is 0. The Hall–Kier alpha value is 0.622. The van der Waals surface area contributed by atoms with E-state index in [1.54, 1.807) is 0 Å². The van der Waals surface area contributed by atoms with Crippen molar-refractivity contribution in [1.82, 2.24) is 0 Å². The summed E-state index contributed by atoms with van der Waals surface area (Å²) in [6.45, 7) is 15.3. The van der Waals surface area contributed by atoms with Crippen molar-refractivity contribution in [2.24, 2.45) is 0 Å². The van der Waals surface area contributed by atoms with Gasteiger partial charge in [-0.3, -0.25) is 13.7 Å². The molecule has 279 valence electrons. The van der Waals surface area contributed by atoms with Crippen molar-refractivity contribution < 1.29 is 101 Å². The quantitative estimate of drug-likeness (QED) is 0.0746. The summed E-state index contributed by atoms with van der Waals surface area (Å²) in [5, 5.41) is 0. The van der Waals surface area contributed by atoms with E-state index < -0.39 is 23.5 Å². The number of rotatable bonds is 30. The zero-order chi connectivity index (χ0) is 34.7. The Morgan fingerprint density at radius 2 is 0.457 bits per heavy atom. The van der Waals surface area contributed by atoms with E-state index in [4.69, 9.17) is 28.4 Å². The van der Waals surface area contributed by atoms with Crippen molar-refractivity contribution in [3.05, 3.63) is 0 Å². The molecule has 0 fully saturated rings. The van der Waals surface area contributed by atoms with Gasteiger partial charge in [-0.05, 0) is 41.5 Å². The number of phosphoric acid groups is 3. The van der Waals surface area contributed by atoms with Gasteiger partial charge in [0.05, 0.1) is 79.3 Å². The molecule has 0 rings (SSSR count).